The summed E-state index contributed by atoms with van der Waals surface area (Å²) in [5.74, 6) is 1.17. The molecule has 1 aromatic carbocycles. The molecule has 38 heavy (non-hydrogen) atoms. The average Bonchev–Trinajstić information content (AvgIpc) is 3.32. The number of fused-ring (bicyclic) bond motifs is 1. The summed E-state index contributed by atoms with van der Waals surface area (Å²) in [6.07, 6.45) is 1.20. The Morgan fingerprint density at radius 1 is 1.13 bits per heavy atom. The van der Waals surface area contributed by atoms with Gasteiger partial charge in [-0.3, -0.25) is 14.3 Å². The molecule has 0 spiro atoms. The first-order chi connectivity index (χ1) is 18.4. The van der Waals surface area contributed by atoms with Crippen molar-refractivity contribution in [2.24, 2.45) is 11.7 Å². The highest BCUT2D eigenvalue weighted by atomic mass is 19.3. The number of aromatic nitrogens is 4. The molecular weight excluding hydrogens is 494 g/mol. The lowest BCUT2D eigenvalue weighted by molar-refractivity contribution is -0.119. The highest BCUT2D eigenvalue weighted by Crippen LogP contribution is 2.30. The third-order valence-corrected chi connectivity index (χ3v) is 7.44. The van der Waals surface area contributed by atoms with Crippen LogP contribution < -0.4 is 16.0 Å². The molecule has 0 bridgehead atoms. The predicted molar refractivity (Wildman–Crippen MR) is 141 cm³/mol. The van der Waals surface area contributed by atoms with Gasteiger partial charge in [-0.1, -0.05) is 12.1 Å². The molecule has 2 fully saturated rings. The SMILES string of the molecule is CN(CC(N)=O)[C@H]1CC[C@H](CNc2nc(N3CCOCC3)cc(-n3c(C(F)F)nc4ccccc43)n2)CC1. The number of carbonyl (C=O) groups is 1. The Kier molecular flexibility index (Phi) is 7.98. The monoisotopic (exact) mass is 528 g/mol. The molecular formula is C26H34F2N8O2. The van der Waals surface area contributed by atoms with Gasteiger partial charge in [0.25, 0.3) is 6.43 Å². The lowest BCUT2D eigenvalue weighted by Crippen LogP contribution is -2.41. The molecule has 12 heteroatoms. The summed E-state index contributed by atoms with van der Waals surface area (Å²) in [5, 5.41) is 3.38. The van der Waals surface area contributed by atoms with Crippen molar-refractivity contribution in [2.75, 3.05) is 56.7 Å². The van der Waals surface area contributed by atoms with Gasteiger partial charge in [0.05, 0.1) is 30.8 Å². The quantitative estimate of drug-likeness (QED) is 0.436. The predicted octanol–water partition coefficient (Wildman–Crippen LogP) is 2.98. The number of rotatable bonds is 9. The number of anilines is 2. The number of hydrogen-bond acceptors (Lipinski definition) is 8. The van der Waals surface area contributed by atoms with E-state index in [1.54, 1.807) is 30.3 Å². The molecule has 2 aromatic heterocycles. The first-order valence-corrected chi connectivity index (χ1v) is 13.1. The number of nitrogens with two attached hydrogens (primary N) is 1. The highest BCUT2D eigenvalue weighted by molar-refractivity contribution is 5.78. The number of nitrogens with one attached hydrogen (secondary N) is 1. The molecule has 204 valence electrons. The van der Waals surface area contributed by atoms with E-state index in [-0.39, 0.29) is 18.3 Å². The molecule has 0 atom stereocenters. The van der Waals surface area contributed by atoms with Gasteiger partial charge in [-0.05, 0) is 50.8 Å². The van der Waals surface area contributed by atoms with Crippen LogP contribution in [0.5, 0.6) is 0 Å². The maximum absolute atomic E-state index is 14.1. The van der Waals surface area contributed by atoms with Crippen molar-refractivity contribution < 1.29 is 18.3 Å². The second-order valence-corrected chi connectivity index (χ2v) is 10.0. The number of nitrogens with zero attached hydrogens (tertiary/aromatic N) is 6. The van der Waals surface area contributed by atoms with Crippen molar-refractivity contribution in [1.82, 2.24) is 24.4 Å². The lowest BCUT2D eigenvalue weighted by atomic mass is 9.85. The molecule has 1 saturated carbocycles. The minimum Gasteiger partial charge on any atom is -0.378 e. The standard InChI is InChI=1S/C26H34F2N8O2/c1-34(16-21(29)37)18-8-6-17(7-9-18)15-30-26-32-22(35-10-12-38-13-11-35)14-23(33-26)36-20-5-3-2-4-19(20)31-25(36)24(27)28/h2-5,14,17-18,24H,6-13,15-16H2,1H3,(H2,29,37)(H,30,32,33)/t17-,18-. The van der Waals surface area contributed by atoms with Crippen LogP contribution in [0.1, 0.15) is 37.9 Å². The van der Waals surface area contributed by atoms with Gasteiger partial charge in [0, 0.05) is 31.7 Å². The molecule has 10 nitrogen and oxygen atoms in total. The molecule has 0 radical (unpaired) electrons. The molecule has 3 aromatic rings. The molecule has 2 aliphatic rings. The Morgan fingerprint density at radius 2 is 1.84 bits per heavy atom. The number of alkyl halides is 2. The van der Waals surface area contributed by atoms with Crippen LogP contribution in [-0.4, -0.2) is 82.8 Å². The summed E-state index contributed by atoms with van der Waals surface area (Å²) in [4.78, 5) is 29.0. The zero-order chi connectivity index (χ0) is 26.6. The molecule has 1 aliphatic carbocycles. The van der Waals surface area contributed by atoms with E-state index < -0.39 is 6.43 Å². The Labute approximate surface area is 220 Å². The summed E-state index contributed by atoms with van der Waals surface area (Å²) in [6, 6.07) is 9.16. The van der Waals surface area contributed by atoms with E-state index in [1.807, 2.05) is 11.9 Å². The first kappa shape index (κ1) is 26.2. The maximum Gasteiger partial charge on any atom is 0.296 e. The van der Waals surface area contributed by atoms with Gasteiger partial charge in [-0.2, -0.15) is 9.97 Å². The molecule has 5 rings (SSSR count). The molecule has 3 N–H and O–H groups in total. The number of likely N-dealkylation sites (N-methyl/N-ethyl adjacent to an activating group) is 1. The second-order valence-electron chi connectivity index (χ2n) is 10.0. The summed E-state index contributed by atoms with van der Waals surface area (Å²) in [6.45, 7) is 3.40. The van der Waals surface area contributed by atoms with E-state index in [0.29, 0.717) is 73.4 Å². The number of primary amides is 1. The van der Waals surface area contributed by atoms with E-state index in [0.717, 1.165) is 25.7 Å². The summed E-state index contributed by atoms with van der Waals surface area (Å²) >= 11 is 0. The van der Waals surface area contributed by atoms with E-state index in [1.165, 1.54) is 4.57 Å². The Hall–Kier alpha value is -3.38. The van der Waals surface area contributed by atoms with Gasteiger partial charge in [0.1, 0.15) is 11.6 Å². The molecule has 3 heterocycles. The zero-order valence-electron chi connectivity index (χ0n) is 21.5. The van der Waals surface area contributed by atoms with E-state index >= 15 is 0 Å². The van der Waals surface area contributed by atoms with Crippen LogP contribution in [-0.2, 0) is 9.53 Å². The van der Waals surface area contributed by atoms with Crippen molar-refractivity contribution in [1.29, 1.82) is 0 Å². The molecule has 1 amide bonds. The highest BCUT2D eigenvalue weighted by Gasteiger charge is 2.26. The van der Waals surface area contributed by atoms with Crippen LogP contribution in [0.4, 0.5) is 20.5 Å². The lowest BCUT2D eigenvalue weighted by Gasteiger charge is -2.34. The number of imidazole rings is 1. The van der Waals surface area contributed by atoms with Gasteiger partial charge in [0.15, 0.2) is 5.82 Å². The number of hydrogen-bond donors (Lipinski definition) is 2. The number of halogens is 2. The summed E-state index contributed by atoms with van der Waals surface area (Å²) in [5.41, 5.74) is 6.40. The number of carbonyl (C=O) groups excluding carboxylic acids is 1. The van der Waals surface area contributed by atoms with Gasteiger partial charge in [-0.25, -0.2) is 13.8 Å². The van der Waals surface area contributed by atoms with Crippen molar-refractivity contribution >= 4 is 28.7 Å². The van der Waals surface area contributed by atoms with Crippen LogP contribution in [0.25, 0.3) is 16.9 Å². The van der Waals surface area contributed by atoms with Crippen LogP contribution >= 0.6 is 0 Å². The number of morpholine rings is 1. The Bertz CT molecular complexity index is 1260. The van der Waals surface area contributed by atoms with Gasteiger partial charge in [-0.15, -0.1) is 0 Å². The summed E-state index contributed by atoms with van der Waals surface area (Å²) < 4.78 is 35.0. The Morgan fingerprint density at radius 3 is 2.55 bits per heavy atom. The fourth-order valence-electron chi connectivity index (χ4n) is 5.40. The number of para-hydroxylation sites is 2. The molecule has 0 unspecified atom stereocenters. The maximum atomic E-state index is 14.1. The normalized spacial score (nSPS) is 20.4. The second kappa shape index (κ2) is 11.6. The van der Waals surface area contributed by atoms with Crippen LogP contribution in [0.3, 0.4) is 0 Å². The number of ether oxygens (including phenoxy) is 1. The van der Waals surface area contributed by atoms with Crippen molar-refractivity contribution in [2.45, 2.75) is 38.2 Å². The minimum absolute atomic E-state index is 0.266. The van der Waals surface area contributed by atoms with E-state index in [2.05, 4.69) is 20.2 Å². The zero-order valence-corrected chi connectivity index (χ0v) is 21.5. The van der Waals surface area contributed by atoms with Crippen molar-refractivity contribution in [3.8, 4) is 5.82 Å². The largest absolute Gasteiger partial charge is 0.378 e. The van der Waals surface area contributed by atoms with Crippen LogP contribution in [0.15, 0.2) is 30.3 Å². The van der Waals surface area contributed by atoms with Crippen LogP contribution in [0.2, 0.25) is 0 Å². The minimum atomic E-state index is -2.76. The van der Waals surface area contributed by atoms with Gasteiger partial charge >= 0.3 is 0 Å². The van der Waals surface area contributed by atoms with Gasteiger partial charge < -0.3 is 20.7 Å². The number of benzene rings is 1. The average molecular weight is 529 g/mol. The van der Waals surface area contributed by atoms with E-state index in [9.17, 15) is 13.6 Å². The number of amides is 1. The molecule has 1 aliphatic heterocycles. The molecule has 1 saturated heterocycles. The topological polar surface area (TPSA) is 114 Å². The van der Waals surface area contributed by atoms with E-state index in [4.69, 9.17) is 15.5 Å². The van der Waals surface area contributed by atoms with Crippen LogP contribution in [0, 0.1) is 5.92 Å². The van der Waals surface area contributed by atoms with Crippen molar-refractivity contribution in [3.05, 3.63) is 36.2 Å². The smallest absolute Gasteiger partial charge is 0.296 e. The van der Waals surface area contributed by atoms with Gasteiger partial charge in [0.2, 0.25) is 11.9 Å². The third kappa shape index (κ3) is 5.86. The Balaban J connectivity index is 1.38. The first-order valence-electron chi connectivity index (χ1n) is 13.1. The fourth-order valence-corrected chi connectivity index (χ4v) is 5.40. The van der Waals surface area contributed by atoms with Crippen molar-refractivity contribution in [3.63, 3.8) is 0 Å². The summed E-state index contributed by atoms with van der Waals surface area (Å²) in [7, 11) is 1.94. The fraction of sp³-hybridized carbons (Fsp3) is 0.538. The third-order valence-electron chi connectivity index (χ3n) is 7.44.